The Balaban J connectivity index is 0.000000136. The van der Waals surface area contributed by atoms with Crippen molar-refractivity contribution in [2.75, 3.05) is 5.73 Å². The molecule has 2 heteroatoms. The summed E-state index contributed by atoms with van der Waals surface area (Å²) in [5.41, 5.74) is 19.2. The van der Waals surface area contributed by atoms with Crippen LogP contribution in [0.25, 0.3) is 66.1 Å². The van der Waals surface area contributed by atoms with Crippen molar-refractivity contribution < 1.29 is 0 Å². The second-order valence-corrected chi connectivity index (χ2v) is 15.4. The molecule has 0 spiro atoms. The molecule has 0 bridgehead atoms. The van der Waals surface area contributed by atoms with Gasteiger partial charge in [-0.05, 0) is 108 Å². The molecule has 0 aliphatic rings. The Labute approximate surface area is 356 Å². The molecule has 284 valence electrons. The van der Waals surface area contributed by atoms with E-state index in [1.165, 1.54) is 77.2 Å². The van der Waals surface area contributed by atoms with Gasteiger partial charge in [-0.1, -0.05) is 234 Å². The molecule has 0 unspecified atom stereocenters. The summed E-state index contributed by atoms with van der Waals surface area (Å²) in [6, 6.07) is 85.1. The fraction of sp³-hybridized carbons (Fsp3) is 0.0175. The van der Waals surface area contributed by atoms with E-state index in [9.17, 15) is 0 Å². The maximum absolute atomic E-state index is 5.72. The molecule has 0 heterocycles. The van der Waals surface area contributed by atoms with Crippen LogP contribution in [0.4, 0.5) is 5.69 Å². The molecule has 0 radical (unpaired) electrons. The van der Waals surface area contributed by atoms with Gasteiger partial charge in [0.1, 0.15) is 0 Å². The lowest BCUT2D eigenvalue weighted by Crippen LogP contribution is -1.89. The number of halogens is 1. The number of hydrogen-bond acceptors (Lipinski definition) is 1. The van der Waals surface area contributed by atoms with Crippen molar-refractivity contribution in [3.05, 3.63) is 258 Å². The summed E-state index contributed by atoms with van der Waals surface area (Å²) in [7, 11) is 0. The second-order valence-electron chi connectivity index (χ2n) is 14.5. The average molecular weight is 823 g/mol. The third-order valence-electron chi connectivity index (χ3n) is 10.5. The van der Waals surface area contributed by atoms with Crippen LogP contribution in [0.15, 0.2) is 247 Å². The first-order valence-corrected chi connectivity index (χ1v) is 20.7. The van der Waals surface area contributed by atoms with Crippen molar-refractivity contribution in [1.29, 1.82) is 0 Å². The Bertz CT molecular complexity index is 2860. The minimum Gasteiger partial charge on any atom is -0.399 e. The first kappa shape index (κ1) is 38.9. The topological polar surface area (TPSA) is 26.0 Å². The highest BCUT2D eigenvalue weighted by Gasteiger charge is 2.06. The van der Waals surface area contributed by atoms with E-state index in [0.29, 0.717) is 0 Å². The van der Waals surface area contributed by atoms with Gasteiger partial charge in [0.05, 0.1) is 0 Å². The highest BCUT2D eigenvalue weighted by molar-refractivity contribution is 9.10. The van der Waals surface area contributed by atoms with Crippen molar-refractivity contribution in [3.8, 4) is 44.5 Å². The zero-order chi connectivity index (χ0) is 40.2. The largest absolute Gasteiger partial charge is 0.399 e. The van der Waals surface area contributed by atoms with Crippen molar-refractivity contribution in [2.45, 2.75) is 6.42 Å². The molecule has 10 aromatic carbocycles. The van der Waals surface area contributed by atoms with E-state index in [1.807, 2.05) is 18.2 Å². The third kappa shape index (κ3) is 9.94. The summed E-state index contributed by atoms with van der Waals surface area (Å²) in [6.07, 6.45) is 0.949. The number of benzene rings is 10. The van der Waals surface area contributed by atoms with Crippen molar-refractivity contribution >= 4 is 43.2 Å². The third-order valence-corrected chi connectivity index (χ3v) is 11.0. The molecular weight excluding hydrogens is 779 g/mol. The number of anilines is 1. The van der Waals surface area contributed by atoms with E-state index in [1.54, 1.807) is 0 Å². The van der Waals surface area contributed by atoms with E-state index in [0.717, 1.165) is 16.6 Å². The standard InChI is InChI=1S/C29H22.C16H13N.C12H9Br/c1-2-7-24(8-3-1)25-17-13-22(14-18-25)21-23-15-19-27(20-16-23)29-12-6-10-26-9-4-5-11-28(26)29;17-14-10-8-13(9-11-14)16-7-3-5-12-4-1-2-6-15(12)16;13-12-8-6-11(7-9-12)10-4-2-1-3-5-10/h1-20H,21H2;1-11H,17H2;1-9H. The first-order valence-electron chi connectivity index (χ1n) is 19.9. The first-order chi connectivity index (χ1) is 29.1. The summed E-state index contributed by atoms with van der Waals surface area (Å²) in [5, 5.41) is 5.13. The fourth-order valence-corrected chi connectivity index (χ4v) is 7.64. The van der Waals surface area contributed by atoms with E-state index >= 15 is 0 Å². The maximum Gasteiger partial charge on any atom is 0.0314 e. The molecule has 0 saturated carbocycles. The van der Waals surface area contributed by atoms with Crippen LogP contribution in [0.1, 0.15) is 11.1 Å². The van der Waals surface area contributed by atoms with Crippen molar-refractivity contribution in [2.24, 2.45) is 0 Å². The zero-order valence-electron chi connectivity index (χ0n) is 32.8. The molecule has 1 nitrogen and oxygen atoms in total. The number of nitrogen functional groups attached to an aromatic ring is 1. The number of nitrogens with two attached hydrogens (primary N) is 1. The van der Waals surface area contributed by atoms with Gasteiger partial charge in [0, 0.05) is 10.2 Å². The van der Waals surface area contributed by atoms with Crippen molar-refractivity contribution in [3.63, 3.8) is 0 Å². The lowest BCUT2D eigenvalue weighted by Gasteiger charge is -2.09. The predicted octanol–water partition coefficient (Wildman–Crippen LogP) is 16.0. The SMILES string of the molecule is Brc1ccc(-c2ccccc2)cc1.Nc1ccc(-c2cccc3ccccc23)cc1.c1ccc(-c2ccc(Cc3ccc(-c4cccc5ccccc45)cc3)cc2)cc1. The summed E-state index contributed by atoms with van der Waals surface area (Å²) in [6.45, 7) is 0. The highest BCUT2D eigenvalue weighted by atomic mass is 79.9. The molecule has 0 aliphatic heterocycles. The van der Waals surface area contributed by atoms with Crippen LogP contribution >= 0.6 is 15.9 Å². The van der Waals surface area contributed by atoms with Crippen LogP contribution in [0.5, 0.6) is 0 Å². The highest BCUT2D eigenvalue weighted by Crippen LogP contribution is 2.31. The molecular formula is C57H44BrN. The molecule has 10 aromatic rings. The molecule has 0 fully saturated rings. The van der Waals surface area contributed by atoms with Crippen LogP contribution < -0.4 is 5.73 Å². The van der Waals surface area contributed by atoms with Crippen LogP contribution in [0.2, 0.25) is 0 Å². The minimum atomic E-state index is 0.800. The lowest BCUT2D eigenvalue weighted by molar-refractivity contribution is 1.19. The van der Waals surface area contributed by atoms with Gasteiger partial charge in [0.15, 0.2) is 0 Å². The van der Waals surface area contributed by atoms with Crippen LogP contribution in [0, 0.1) is 0 Å². The zero-order valence-corrected chi connectivity index (χ0v) is 34.3. The normalized spacial score (nSPS) is 10.6. The van der Waals surface area contributed by atoms with Gasteiger partial charge in [0.2, 0.25) is 0 Å². The summed E-state index contributed by atoms with van der Waals surface area (Å²) in [4.78, 5) is 0. The Kier molecular flexibility index (Phi) is 12.5. The predicted molar refractivity (Wildman–Crippen MR) is 257 cm³/mol. The smallest absolute Gasteiger partial charge is 0.0314 e. The molecule has 0 aliphatic carbocycles. The molecule has 0 aromatic heterocycles. The van der Waals surface area contributed by atoms with Crippen LogP contribution in [0.3, 0.4) is 0 Å². The average Bonchev–Trinajstić information content (AvgIpc) is 3.31. The fourth-order valence-electron chi connectivity index (χ4n) is 7.37. The van der Waals surface area contributed by atoms with Gasteiger partial charge >= 0.3 is 0 Å². The van der Waals surface area contributed by atoms with E-state index in [4.69, 9.17) is 5.73 Å². The number of hydrogen-bond donors (Lipinski definition) is 1. The molecule has 10 rings (SSSR count). The molecule has 2 N–H and O–H groups in total. The van der Waals surface area contributed by atoms with E-state index in [-0.39, 0.29) is 0 Å². The quantitative estimate of drug-likeness (QED) is 0.166. The van der Waals surface area contributed by atoms with Crippen LogP contribution in [-0.4, -0.2) is 0 Å². The van der Waals surface area contributed by atoms with Gasteiger partial charge in [-0.2, -0.15) is 0 Å². The van der Waals surface area contributed by atoms with Gasteiger partial charge in [-0.3, -0.25) is 0 Å². The van der Waals surface area contributed by atoms with Gasteiger partial charge in [-0.25, -0.2) is 0 Å². The molecule has 0 amide bonds. The molecule has 0 atom stereocenters. The Hall–Kier alpha value is -7.00. The molecule has 59 heavy (non-hydrogen) atoms. The van der Waals surface area contributed by atoms with E-state index in [2.05, 4.69) is 240 Å². The Morgan fingerprint density at radius 2 is 0.627 bits per heavy atom. The second kappa shape index (κ2) is 19.0. The van der Waals surface area contributed by atoms with Crippen molar-refractivity contribution in [1.82, 2.24) is 0 Å². The lowest BCUT2D eigenvalue weighted by atomic mass is 9.96. The summed E-state index contributed by atoms with van der Waals surface area (Å²) in [5.74, 6) is 0. The Morgan fingerprint density at radius 3 is 1.08 bits per heavy atom. The van der Waals surface area contributed by atoms with Crippen LogP contribution in [-0.2, 0) is 6.42 Å². The maximum atomic E-state index is 5.72. The van der Waals surface area contributed by atoms with Gasteiger partial charge < -0.3 is 5.73 Å². The Morgan fingerprint density at radius 1 is 0.288 bits per heavy atom. The number of fused-ring (bicyclic) bond motifs is 2. The monoisotopic (exact) mass is 821 g/mol. The minimum absolute atomic E-state index is 0.800. The molecule has 0 saturated heterocycles. The van der Waals surface area contributed by atoms with Gasteiger partial charge in [-0.15, -0.1) is 0 Å². The summed E-state index contributed by atoms with van der Waals surface area (Å²) < 4.78 is 1.12. The summed E-state index contributed by atoms with van der Waals surface area (Å²) >= 11 is 3.42. The number of rotatable bonds is 6. The van der Waals surface area contributed by atoms with E-state index < -0.39 is 0 Å². The van der Waals surface area contributed by atoms with Gasteiger partial charge in [0.25, 0.3) is 0 Å².